The van der Waals surface area contributed by atoms with E-state index in [2.05, 4.69) is 10.6 Å². The van der Waals surface area contributed by atoms with Crippen LogP contribution in [0.1, 0.15) is 63.5 Å². The van der Waals surface area contributed by atoms with Gasteiger partial charge in [-0.1, -0.05) is 29.3 Å². The Morgan fingerprint density at radius 2 is 1.77 bits per heavy atom. The molecule has 2 heterocycles. The number of anilines is 1. The maximum absolute atomic E-state index is 14.6. The zero-order chi connectivity index (χ0) is 32.2. The molecule has 0 saturated carbocycles. The van der Waals surface area contributed by atoms with E-state index in [-0.39, 0.29) is 66.0 Å². The van der Waals surface area contributed by atoms with Gasteiger partial charge in [-0.3, -0.25) is 19.2 Å². The molecule has 0 unspecified atom stereocenters. The van der Waals surface area contributed by atoms with Gasteiger partial charge in [-0.2, -0.15) is 0 Å². The molecule has 2 aliphatic heterocycles. The van der Waals surface area contributed by atoms with E-state index < -0.39 is 41.4 Å². The van der Waals surface area contributed by atoms with Gasteiger partial charge < -0.3 is 26.2 Å². The number of nitrogens with zero attached hydrogens (tertiary/aromatic N) is 2. The highest BCUT2D eigenvalue weighted by Crippen LogP contribution is 2.31. The molecule has 2 aromatic carbocycles. The van der Waals surface area contributed by atoms with Crippen molar-refractivity contribution in [2.24, 2.45) is 5.73 Å². The van der Waals surface area contributed by atoms with Gasteiger partial charge in [0.1, 0.15) is 17.9 Å². The number of fused-ring (bicyclic) bond motifs is 1. The summed E-state index contributed by atoms with van der Waals surface area (Å²) in [5, 5.41) is 4.66. The van der Waals surface area contributed by atoms with Gasteiger partial charge in [0.2, 0.25) is 23.6 Å². The molecule has 4 rings (SSSR count). The highest BCUT2D eigenvalue weighted by Gasteiger charge is 2.38. The first kappa shape index (κ1) is 33.6. The maximum atomic E-state index is 14.6. The van der Waals surface area contributed by atoms with E-state index in [1.54, 1.807) is 6.07 Å². The zero-order valence-electron chi connectivity index (χ0n) is 24.7. The fourth-order valence-corrected chi connectivity index (χ4v) is 6.13. The van der Waals surface area contributed by atoms with Crippen LogP contribution >= 0.6 is 23.2 Å². The second kappa shape index (κ2) is 14.2. The molecule has 0 radical (unpaired) electrons. The largest absolute Gasteiger partial charge is 0.342 e. The summed E-state index contributed by atoms with van der Waals surface area (Å²) < 4.78 is 28.7. The molecule has 2 aromatic rings. The number of likely N-dealkylation sites (tertiary alicyclic amines) is 1. The molecule has 1 saturated heterocycles. The van der Waals surface area contributed by atoms with Crippen LogP contribution in [-0.2, 0) is 32.1 Å². The highest BCUT2D eigenvalue weighted by molar-refractivity contribution is 6.42. The summed E-state index contributed by atoms with van der Waals surface area (Å²) in [5.74, 6) is -3.37. The number of carbonyl (C=O) groups excluding carboxylic acids is 4. The lowest BCUT2D eigenvalue weighted by Crippen LogP contribution is -2.56. The fourth-order valence-electron chi connectivity index (χ4n) is 5.81. The Balaban J connectivity index is 1.51. The van der Waals surface area contributed by atoms with Gasteiger partial charge >= 0.3 is 0 Å². The summed E-state index contributed by atoms with van der Waals surface area (Å²) in [4.78, 5) is 56.6. The molecule has 4 N–H and O–H groups in total. The van der Waals surface area contributed by atoms with Crippen LogP contribution in [0.25, 0.3) is 0 Å². The third kappa shape index (κ3) is 7.68. The minimum absolute atomic E-state index is 0.0170. The second-order valence-electron chi connectivity index (χ2n) is 11.8. The quantitative estimate of drug-likeness (QED) is 0.343. The summed E-state index contributed by atoms with van der Waals surface area (Å²) >= 11 is 11.7. The van der Waals surface area contributed by atoms with Crippen LogP contribution in [0, 0.1) is 11.6 Å². The van der Waals surface area contributed by atoms with Crippen LogP contribution < -0.4 is 16.4 Å². The zero-order valence-corrected chi connectivity index (χ0v) is 26.2. The second-order valence-corrected chi connectivity index (χ2v) is 12.6. The molecule has 2 aliphatic rings. The number of amides is 4. The van der Waals surface area contributed by atoms with Crippen molar-refractivity contribution >= 4 is 52.5 Å². The predicted octanol–water partition coefficient (Wildman–Crippen LogP) is 4.57. The average Bonchev–Trinajstić information content (AvgIpc) is 2.98. The van der Waals surface area contributed by atoms with Crippen LogP contribution in [0.15, 0.2) is 30.3 Å². The van der Waals surface area contributed by atoms with Crippen LogP contribution in [0.3, 0.4) is 0 Å². The Labute approximate surface area is 265 Å². The van der Waals surface area contributed by atoms with Crippen molar-refractivity contribution in [1.82, 2.24) is 15.1 Å². The molecule has 2 atom stereocenters. The lowest BCUT2D eigenvalue weighted by atomic mass is 9.90. The van der Waals surface area contributed by atoms with Crippen molar-refractivity contribution in [3.05, 3.63) is 63.1 Å². The maximum Gasteiger partial charge on any atom is 0.247 e. The van der Waals surface area contributed by atoms with Crippen LogP contribution in [-0.4, -0.2) is 64.1 Å². The van der Waals surface area contributed by atoms with E-state index >= 15 is 0 Å². The molecule has 0 aliphatic carbocycles. The standard InChI is InChI=1S/C31H37Cl2F2N5O4/c1-31(2)12-3-4-14-40(31)26(42)10-9-25(41)39-17-19-15-20(34)6-5-18(19)16-24(39)30(44)38-23(11-13-36)29(43)37-22-8-7-21(32)27(33)28(22)35/h5-8,15,23-24H,3-4,9-14,16-17,36H2,1-2H3,(H,37,43)(H,38,44)/t23-,24-/m0/s1. The normalized spacial score (nSPS) is 18.3. The topological polar surface area (TPSA) is 125 Å². The van der Waals surface area contributed by atoms with Crippen molar-refractivity contribution in [2.45, 2.75) is 83.0 Å². The number of hydrogen-bond acceptors (Lipinski definition) is 5. The van der Waals surface area contributed by atoms with Gasteiger partial charge in [-0.25, -0.2) is 8.78 Å². The Bertz CT molecular complexity index is 1440. The molecule has 1 fully saturated rings. The smallest absolute Gasteiger partial charge is 0.247 e. The first-order valence-electron chi connectivity index (χ1n) is 14.6. The number of rotatable bonds is 9. The minimum atomic E-state index is -1.17. The number of halogens is 4. The molecule has 0 bridgehead atoms. The van der Waals surface area contributed by atoms with Crippen LogP contribution in [0.5, 0.6) is 0 Å². The monoisotopic (exact) mass is 651 g/mol. The molecule has 9 nitrogen and oxygen atoms in total. The summed E-state index contributed by atoms with van der Waals surface area (Å²) in [6.45, 7) is 4.61. The van der Waals surface area contributed by atoms with Gasteiger partial charge in [0, 0.05) is 37.9 Å². The summed E-state index contributed by atoms with van der Waals surface area (Å²) in [6, 6.07) is 4.51. The molecule has 13 heteroatoms. The molecular formula is C31H37Cl2F2N5O4. The van der Waals surface area contributed by atoms with Gasteiger partial charge in [0.15, 0.2) is 5.82 Å². The van der Waals surface area contributed by atoms with E-state index in [1.165, 1.54) is 29.2 Å². The minimum Gasteiger partial charge on any atom is -0.342 e. The Kier molecular flexibility index (Phi) is 10.9. The molecular weight excluding hydrogens is 615 g/mol. The number of piperidine rings is 1. The third-order valence-electron chi connectivity index (χ3n) is 8.31. The molecule has 0 spiro atoms. The van der Waals surface area contributed by atoms with Crippen LogP contribution in [0.4, 0.5) is 14.5 Å². The highest BCUT2D eigenvalue weighted by atomic mass is 35.5. The Hall–Kier alpha value is -3.28. The molecule has 44 heavy (non-hydrogen) atoms. The SMILES string of the molecule is CC1(C)CCCCN1C(=O)CCC(=O)N1Cc2cc(F)ccc2C[C@H]1C(=O)N[C@@H](CCN)C(=O)Nc1ccc(Cl)c(Cl)c1F. The van der Waals surface area contributed by atoms with Gasteiger partial charge in [0.05, 0.1) is 15.7 Å². The number of benzene rings is 2. The summed E-state index contributed by atoms with van der Waals surface area (Å²) in [6.07, 6.45) is 2.72. The van der Waals surface area contributed by atoms with Crippen LogP contribution in [0.2, 0.25) is 10.0 Å². The number of nitrogens with two attached hydrogens (primary N) is 1. The van der Waals surface area contributed by atoms with Crippen molar-refractivity contribution in [1.29, 1.82) is 0 Å². The van der Waals surface area contributed by atoms with E-state index in [4.69, 9.17) is 28.9 Å². The predicted molar refractivity (Wildman–Crippen MR) is 164 cm³/mol. The van der Waals surface area contributed by atoms with Gasteiger partial charge in [0.25, 0.3) is 0 Å². The average molecular weight is 653 g/mol. The van der Waals surface area contributed by atoms with Crippen molar-refractivity contribution in [3.63, 3.8) is 0 Å². The summed E-state index contributed by atoms with van der Waals surface area (Å²) in [7, 11) is 0. The van der Waals surface area contributed by atoms with E-state index in [0.29, 0.717) is 17.7 Å². The first-order chi connectivity index (χ1) is 20.8. The Morgan fingerprint density at radius 3 is 2.48 bits per heavy atom. The lowest BCUT2D eigenvalue weighted by molar-refractivity contribution is -0.145. The van der Waals surface area contributed by atoms with Gasteiger partial charge in [-0.05, 0) is 81.5 Å². The molecule has 238 valence electrons. The van der Waals surface area contributed by atoms with Gasteiger partial charge in [-0.15, -0.1) is 0 Å². The fraction of sp³-hybridized carbons (Fsp3) is 0.484. The van der Waals surface area contributed by atoms with Crippen molar-refractivity contribution < 1.29 is 28.0 Å². The van der Waals surface area contributed by atoms with E-state index in [0.717, 1.165) is 19.3 Å². The van der Waals surface area contributed by atoms with E-state index in [1.807, 2.05) is 18.7 Å². The van der Waals surface area contributed by atoms with Crippen molar-refractivity contribution in [2.75, 3.05) is 18.4 Å². The number of nitrogens with one attached hydrogen (secondary N) is 2. The van der Waals surface area contributed by atoms with Crippen molar-refractivity contribution in [3.8, 4) is 0 Å². The molecule has 4 amide bonds. The third-order valence-corrected chi connectivity index (χ3v) is 9.09. The Morgan fingerprint density at radius 1 is 1.05 bits per heavy atom. The first-order valence-corrected chi connectivity index (χ1v) is 15.4. The summed E-state index contributed by atoms with van der Waals surface area (Å²) in [5.41, 5.74) is 6.41. The molecule has 0 aromatic heterocycles. The lowest BCUT2D eigenvalue weighted by Gasteiger charge is -2.42. The number of hydrogen-bond donors (Lipinski definition) is 3. The van der Waals surface area contributed by atoms with E-state index in [9.17, 15) is 28.0 Å². The number of carbonyl (C=O) groups is 4.